The molecular weight excluding hydrogens is 562 g/mol. The lowest BCUT2D eigenvalue weighted by Gasteiger charge is -2.27. The van der Waals surface area contributed by atoms with E-state index in [9.17, 15) is 8.42 Å². The molecule has 1 aliphatic carbocycles. The molecule has 0 radical (unpaired) electrons. The molecule has 0 fully saturated rings. The molecule has 1 aliphatic rings. The van der Waals surface area contributed by atoms with Gasteiger partial charge >= 0.3 is 6.01 Å². The van der Waals surface area contributed by atoms with Gasteiger partial charge in [-0.15, -0.1) is 0 Å². The molecule has 9 heteroatoms. The summed E-state index contributed by atoms with van der Waals surface area (Å²) in [7, 11) is -1.59. The van der Waals surface area contributed by atoms with Crippen LogP contribution < -0.4 is 18.9 Å². The maximum Gasteiger partial charge on any atom is 0.320 e. The van der Waals surface area contributed by atoms with Crippen molar-refractivity contribution in [3.05, 3.63) is 59.3 Å². The third kappa shape index (κ3) is 8.15. The second kappa shape index (κ2) is 11.6. The van der Waals surface area contributed by atoms with Crippen LogP contribution in [0, 0.1) is 0 Å². The third-order valence-corrected chi connectivity index (χ3v) is 7.47. The molecule has 0 saturated heterocycles. The van der Waals surface area contributed by atoms with Crippen molar-refractivity contribution >= 4 is 15.6 Å². The van der Waals surface area contributed by atoms with E-state index in [4.69, 9.17) is 19.2 Å². The lowest BCUT2D eigenvalue weighted by atomic mass is 9.82. The zero-order chi connectivity index (χ0) is 32.0. The average Bonchev–Trinajstić information content (AvgIpc) is 3.26. The number of sulfonamides is 1. The van der Waals surface area contributed by atoms with Gasteiger partial charge in [0.2, 0.25) is 15.9 Å². The highest BCUT2D eigenvalue weighted by molar-refractivity contribution is 7.88. The van der Waals surface area contributed by atoms with Crippen LogP contribution >= 0.6 is 0 Å². The van der Waals surface area contributed by atoms with Crippen LogP contribution in [0.5, 0.6) is 17.6 Å². The Morgan fingerprint density at radius 1 is 0.860 bits per heavy atom. The fraction of sp³-hybridized carbons (Fsp3) is 0.471. The Morgan fingerprint density at radius 2 is 1.53 bits per heavy atom. The molecular formula is C34H45N3O5S. The number of hydrogen-bond acceptors (Lipinski definition) is 7. The summed E-state index contributed by atoms with van der Waals surface area (Å²) in [6, 6.07) is 10.8. The van der Waals surface area contributed by atoms with Gasteiger partial charge in [-0.05, 0) is 93.3 Å². The molecule has 0 aliphatic heterocycles. The highest BCUT2D eigenvalue weighted by Gasteiger charge is 2.27. The number of methoxy groups -OCH3 is 1. The number of allylic oxidation sites excluding steroid dienone is 1. The average molecular weight is 608 g/mol. The Labute approximate surface area is 257 Å². The standard InChI is InChI=1S/C34H45N3O5S/c1-32(2,3)28-18-24(27-20-35-31(42-34(7,8)9)37-30(27)41-33(4,5)6)17-26(29(28)40-10)22-14-15-25-21(16-22)12-13-23(25)19-36-43(11,38)39/h13-18,20,36H,12,19H2,1-11H3. The van der Waals surface area contributed by atoms with E-state index in [1.54, 1.807) is 13.3 Å². The quantitative estimate of drug-likeness (QED) is 0.296. The van der Waals surface area contributed by atoms with Crippen molar-refractivity contribution in [3.8, 4) is 39.9 Å². The van der Waals surface area contributed by atoms with Gasteiger partial charge in [0.25, 0.3) is 0 Å². The lowest BCUT2D eigenvalue weighted by molar-refractivity contribution is 0.103. The van der Waals surface area contributed by atoms with Gasteiger partial charge in [0.15, 0.2) is 0 Å². The second-order valence-electron chi connectivity index (χ2n) is 14.1. The Hall–Kier alpha value is -3.43. The summed E-state index contributed by atoms with van der Waals surface area (Å²) in [5, 5.41) is 0. The number of rotatable bonds is 8. The molecule has 0 unspecified atom stereocenters. The van der Waals surface area contributed by atoms with Gasteiger partial charge in [-0.1, -0.05) is 45.0 Å². The molecule has 0 atom stereocenters. The monoisotopic (exact) mass is 607 g/mol. The van der Waals surface area contributed by atoms with Crippen LogP contribution in [0.4, 0.5) is 0 Å². The Kier molecular flexibility index (Phi) is 8.75. The zero-order valence-electron chi connectivity index (χ0n) is 27.3. The smallest absolute Gasteiger partial charge is 0.320 e. The summed E-state index contributed by atoms with van der Waals surface area (Å²) in [5.41, 5.74) is 6.59. The van der Waals surface area contributed by atoms with Crippen molar-refractivity contribution in [1.82, 2.24) is 14.7 Å². The molecule has 0 saturated carbocycles. The predicted molar refractivity (Wildman–Crippen MR) is 173 cm³/mol. The number of ether oxygens (including phenoxy) is 3. The Bertz CT molecular complexity index is 1660. The van der Waals surface area contributed by atoms with E-state index in [2.05, 4.69) is 66.9 Å². The summed E-state index contributed by atoms with van der Waals surface area (Å²) in [6.07, 6.45) is 5.74. The molecule has 3 aromatic rings. The van der Waals surface area contributed by atoms with E-state index in [0.29, 0.717) is 5.88 Å². The van der Waals surface area contributed by atoms with Crippen LogP contribution in [-0.4, -0.2) is 49.5 Å². The summed E-state index contributed by atoms with van der Waals surface area (Å²) < 4.78 is 44.4. The van der Waals surface area contributed by atoms with Crippen LogP contribution in [0.3, 0.4) is 0 Å². The third-order valence-electron chi connectivity index (χ3n) is 6.80. The molecule has 2 aromatic carbocycles. The van der Waals surface area contributed by atoms with Gasteiger partial charge in [0.1, 0.15) is 17.0 Å². The first-order valence-electron chi connectivity index (χ1n) is 14.5. The van der Waals surface area contributed by atoms with Crippen LogP contribution in [0.25, 0.3) is 27.8 Å². The minimum Gasteiger partial charge on any atom is -0.496 e. The molecule has 4 rings (SSSR count). The van der Waals surface area contributed by atoms with Crippen molar-refractivity contribution in [2.75, 3.05) is 19.9 Å². The number of nitrogens with one attached hydrogen (secondary N) is 1. The highest BCUT2D eigenvalue weighted by Crippen LogP contribution is 2.45. The van der Waals surface area contributed by atoms with E-state index in [1.165, 1.54) is 6.26 Å². The normalized spacial score (nSPS) is 13.9. The van der Waals surface area contributed by atoms with Crippen molar-refractivity contribution in [1.29, 1.82) is 0 Å². The lowest BCUT2D eigenvalue weighted by Crippen LogP contribution is -2.26. The fourth-order valence-electron chi connectivity index (χ4n) is 4.98. The summed E-state index contributed by atoms with van der Waals surface area (Å²) in [5.74, 6) is 1.24. The van der Waals surface area contributed by atoms with E-state index < -0.39 is 21.2 Å². The first-order valence-corrected chi connectivity index (χ1v) is 16.4. The molecule has 232 valence electrons. The van der Waals surface area contributed by atoms with Gasteiger partial charge < -0.3 is 14.2 Å². The van der Waals surface area contributed by atoms with Crippen LogP contribution in [0.2, 0.25) is 0 Å². The molecule has 0 amide bonds. The molecule has 1 aromatic heterocycles. The first kappa shape index (κ1) is 32.5. The number of aromatic nitrogens is 2. The van der Waals surface area contributed by atoms with Gasteiger partial charge in [0.05, 0.1) is 18.9 Å². The molecule has 8 nitrogen and oxygen atoms in total. The number of nitrogens with zero attached hydrogens (tertiary/aromatic N) is 2. The van der Waals surface area contributed by atoms with Crippen LogP contribution in [0.1, 0.15) is 79.0 Å². The SMILES string of the molecule is COc1c(-c2ccc3c(c2)CC=C3CNS(C)(=O)=O)cc(-c2cnc(OC(C)(C)C)nc2OC(C)(C)C)cc1C(C)(C)C. The van der Waals surface area contributed by atoms with Gasteiger partial charge in [-0.3, -0.25) is 0 Å². The first-order chi connectivity index (χ1) is 19.7. The van der Waals surface area contributed by atoms with Gasteiger partial charge in [0, 0.05) is 23.9 Å². The second-order valence-corrected chi connectivity index (χ2v) is 15.9. The van der Waals surface area contributed by atoms with E-state index >= 15 is 0 Å². The minimum absolute atomic E-state index is 0.236. The zero-order valence-corrected chi connectivity index (χ0v) is 28.1. The maximum atomic E-state index is 11.7. The molecule has 43 heavy (non-hydrogen) atoms. The van der Waals surface area contributed by atoms with Crippen LogP contribution in [-0.2, 0) is 21.9 Å². The largest absolute Gasteiger partial charge is 0.496 e. The van der Waals surface area contributed by atoms with Gasteiger partial charge in [-0.2, -0.15) is 4.98 Å². The van der Waals surface area contributed by atoms with Crippen molar-refractivity contribution in [3.63, 3.8) is 0 Å². The summed E-state index contributed by atoms with van der Waals surface area (Å²) in [6.45, 7) is 18.6. The van der Waals surface area contributed by atoms with E-state index in [0.717, 1.165) is 56.7 Å². The summed E-state index contributed by atoms with van der Waals surface area (Å²) in [4.78, 5) is 9.26. The number of hydrogen-bond donors (Lipinski definition) is 1. The minimum atomic E-state index is -3.29. The van der Waals surface area contributed by atoms with Crippen molar-refractivity contribution in [2.45, 2.75) is 85.4 Å². The molecule has 1 N–H and O–H groups in total. The van der Waals surface area contributed by atoms with Gasteiger partial charge in [-0.25, -0.2) is 18.1 Å². The van der Waals surface area contributed by atoms with Crippen LogP contribution in [0.15, 0.2) is 42.6 Å². The Balaban J connectivity index is 1.88. The predicted octanol–water partition coefficient (Wildman–Crippen LogP) is 6.96. The molecule has 0 bridgehead atoms. The fourth-order valence-corrected chi connectivity index (χ4v) is 5.40. The molecule has 1 heterocycles. The summed E-state index contributed by atoms with van der Waals surface area (Å²) >= 11 is 0. The number of fused-ring (bicyclic) bond motifs is 1. The maximum absolute atomic E-state index is 11.7. The van der Waals surface area contributed by atoms with Crippen molar-refractivity contribution < 1.29 is 22.6 Å². The molecule has 0 spiro atoms. The van der Waals surface area contributed by atoms with E-state index in [-0.39, 0.29) is 18.0 Å². The highest BCUT2D eigenvalue weighted by atomic mass is 32.2. The topological polar surface area (TPSA) is 99.6 Å². The van der Waals surface area contributed by atoms with E-state index in [1.807, 2.05) is 41.5 Å². The Morgan fingerprint density at radius 3 is 2.12 bits per heavy atom. The number of benzene rings is 2. The van der Waals surface area contributed by atoms with Crippen molar-refractivity contribution in [2.24, 2.45) is 0 Å².